The zero-order chi connectivity index (χ0) is 17.0. The van der Waals surface area contributed by atoms with E-state index in [0.29, 0.717) is 12.8 Å². The maximum Gasteiger partial charge on any atom is 0.331 e. The Hall–Kier alpha value is -2.40. The monoisotopic (exact) mass is 325 g/mol. The number of hydrogen-bond acceptors (Lipinski definition) is 3. The summed E-state index contributed by atoms with van der Waals surface area (Å²) in [7, 11) is 0. The molecule has 24 heavy (non-hydrogen) atoms. The van der Waals surface area contributed by atoms with Gasteiger partial charge in [0.15, 0.2) is 5.54 Å². The second kappa shape index (κ2) is 7.01. The van der Waals surface area contributed by atoms with Crippen LogP contribution in [0.1, 0.15) is 25.3 Å². The molecule has 3 rings (SSSR count). The first-order valence-corrected chi connectivity index (χ1v) is 8.28. The van der Waals surface area contributed by atoms with Crippen LogP contribution in [-0.2, 0) is 10.3 Å². The lowest BCUT2D eigenvalue weighted by molar-refractivity contribution is -0.151. The van der Waals surface area contributed by atoms with E-state index in [-0.39, 0.29) is 0 Å². The standard InChI is InChI=1S/C19H23N3O2/c1-16(14-17-6-3-2-4-7-17)15-21-12-8-19(9-13-21,18(23)24)22-11-5-10-20-22/h2-7,10-11,14H,8-9,12-13,15H2,1H3,(H,23,24). The summed E-state index contributed by atoms with van der Waals surface area (Å²) < 4.78 is 1.61. The fraction of sp³-hybridized carbons (Fsp3) is 0.368. The maximum absolute atomic E-state index is 11.9. The molecule has 0 bridgehead atoms. The smallest absolute Gasteiger partial charge is 0.331 e. The van der Waals surface area contributed by atoms with E-state index in [1.807, 2.05) is 18.2 Å². The molecule has 1 aliphatic rings. The van der Waals surface area contributed by atoms with Crippen molar-refractivity contribution in [2.24, 2.45) is 0 Å². The lowest BCUT2D eigenvalue weighted by Crippen LogP contribution is -2.51. The van der Waals surface area contributed by atoms with Gasteiger partial charge in [-0.15, -0.1) is 0 Å². The highest BCUT2D eigenvalue weighted by Gasteiger charge is 2.43. The van der Waals surface area contributed by atoms with Crippen molar-refractivity contribution < 1.29 is 9.90 Å². The highest BCUT2D eigenvalue weighted by molar-refractivity contribution is 5.76. The molecule has 1 aromatic heterocycles. The Labute approximate surface area is 142 Å². The van der Waals surface area contributed by atoms with E-state index in [1.165, 1.54) is 11.1 Å². The number of likely N-dealkylation sites (tertiary alicyclic amines) is 1. The Balaban J connectivity index is 1.64. The van der Waals surface area contributed by atoms with Gasteiger partial charge in [0.2, 0.25) is 0 Å². The molecule has 126 valence electrons. The fourth-order valence-corrected chi connectivity index (χ4v) is 3.38. The summed E-state index contributed by atoms with van der Waals surface area (Å²) in [6, 6.07) is 12.0. The van der Waals surface area contributed by atoms with Crippen molar-refractivity contribution in [1.82, 2.24) is 14.7 Å². The minimum absolute atomic E-state index is 0.572. The lowest BCUT2D eigenvalue weighted by atomic mass is 9.87. The molecule has 0 unspecified atom stereocenters. The van der Waals surface area contributed by atoms with Crippen molar-refractivity contribution >= 4 is 12.0 Å². The second-order valence-corrected chi connectivity index (χ2v) is 6.46. The van der Waals surface area contributed by atoms with Crippen molar-refractivity contribution in [1.29, 1.82) is 0 Å². The van der Waals surface area contributed by atoms with Gasteiger partial charge in [0.1, 0.15) is 0 Å². The SMILES string of the molecule is CC(=Cc1ccccc1)CN1CCC(C(=O)O)(n2cccn2)CC1. The van der Waals surface area contributed by atoms with E-state index in [0.717, 1.165) is 19.6 Å². The quantitative estimate of drug-likeness (QED) is 0.918. The number of nitrogens with zero attached hydrogens (tertiary/aromatic N) is 3. The van der Waals surface area contributed by atoms with E-state index in [4.69, 9.17) is 0 Å². The number of aromatic nitrogens is 2. The van der Waals surface area contributed by atoms with Gasteiger partial charge in [-0.3, -0.25) is 9.58 Å². The molecule has 1 fully saturated rings. The molecule has 2 heterocycles. The van der Waals surface area contributed by atoms with Gasteiger partial charge in [0.25, 0.3) is 0 Å². The maximum atomic E-state index is 11.9. The first kappa shape index (κ1) is 16.5. The molecule has 0 aliphatic carbocycles. The summed E-state index contributed by atoms with van der Waals surface area (Å²) >= 11 is 0. The van der Waals surface area contributed by atoms with Crippen molar-refractivity contribution in [2.45, 2.75) is 25.3 Å². The van der Waals surface area contributed by atoms with Crippen LogP contribution in [-0.4, -0.2) is 45.4 Å². The number of benzene rings is 1. The minimum atomic E-state index is -0.906. The Morgan fingerprint density at radius 2 is 1.96 bits per heavy atom. The summed E-state index contributed by atoms with van der Waals surface area (Å²) in [6.07, 6.45) is 6.73. The molecule has 0 saturated carbocycles. The van der Waals surface area contributed by atoms with E-state index < -0.39 is 11.5 Å². The molecule has 1 N–H and O–H groups in total. The summed E-state index contributed by atoms with van der Waals surface area (Å²) in [6.45, 7) is 4.50. The molecular formula is C19H23N3O2. The predicted octanol–water partition coefficient (Wildman–Crippen LogP) is 2.86. The van der Waals surface area contributed by atoms with Crippen LogP contribution < -0.4 is 0 Å². The van der Waals surface area contributed by atoms with Gasteiger partial charge in [-0.25, -0.2) is 4.79 Å². The predicted molar refractivity (Wildman–Crippen MR) is 93.6 cm³/mol. The third-order valence-electron chi connectivity index (χ3n) is 4.71. The number of rotatable bonds is 5. The number of carboxylic acid groups (broad SMARTS) is 1. The van der Waals surface area contributed by atoms with E-state index in [9.17, 15) is 9.90 Å². The van der Waals surface area contributed by atoms with Gasteiger partial charge in [-0.1, -0.05) is 42.0 Å². The summed E-state index contributed by atoms with van der Waals surface area (Å²) in [5, 5.41) is 13.9. The third kappa shape index (κ3) is 3.41. The second-order valence-electron chi connectivity index (χ2n) is 6.46. The molecule has 0 radical (unpaired) electrons. The Morgan fingerprint density at radius 3 is 2.54 bits per heavy atom. The van der Waals surface area contributed by atoms with Crippen LogP contribution in [0.25, 0.3) is 6.08 Å². The van der Waals surface area contributed by atoms with E-state index in [2.05, 4.69) is 35.1 Å². The van der Waals surface area contributed by atoms with Gasteiger partial charge < -0.3 is 5.11 Å². The summed E-state index contributed by atoms with van der Waals surface area (Å²) in [4.78, 5) is 14.2. The minimum Gasteiger partial charge on any atom is -0.479 e. The molecule has 2 aromatic rings. The first-order valence-electron chi connectivity index (χ1n) is 8.28. The van der Waals surface area contributed by atoms with Crippen LogP contribution in [0.15, 0.2) is 54.4 Å². The summed E-state index contributed by atoms with van der Waals surface area (Å²) in [5.74, 6) is -0.789. The number of hydrogen-bond donors (Lipinski definition) is 1. The number of carboxylic acids is 1. The highest BCUT2D eigenvalue weighted by Crippen LogP contribution is 2.30. The molecule has 5 heteroatoms. The molecule has 0 spiro atoms. The van der Waals surface area contributed by atoms with Crippen molar-refractivity contribution in [3.8, 4) is 0 Å². The Morgan fingerprint density at radius 1 is 1.25 bits per heavy atom. The molecule has 0 atom stereocenters. The van der Waals surface area contributed by atoms with Crippen LogP contribution in [0.2, 0.25) is 0 Å². The zero-order valence-corrected chi connectivity index (χ0v) is 13.9. The molecule has 1 aliphatic heterocycles. The number of aliphatic carboxylic acids is 1. The van der Waals surface area contributed by atoms with Crippen molar-refractivity contribution in [3.63, 3.8) is 0 Å². The average Bonchev–Trinajstić information content (AvgIpc) is 3.11. The van der Waals surface area contributed by atoms with Gasteiger partial charge in [0.05, 0.1) is 0 Å². The molecule has 1 saturated heterocycles. The molecular weight excluding hydrogens is 302 g/mol. The van der Waals surface area contributed by atoms with Gasteiger partial charge in [-0.05, 0) is 31.4 Å². The Bertz CT molecular complexity index is 699. The van der Waals surface area contributed by atoms with Crippen LogP contribution >= 0.6 is 0 Å². The van der Waals surface area contributed by atoms with E-state index >= 15 is 0 Å². The van der Waals surface area contributed by atoms with Gasteiger partial charge in [-0.2, -0.15) is 5.10 Å². The normalized spacial score (nSPS) is 18.5. The van der Waals surface area contributed by atoms with Crippen molar-refractivity contribution in [2.75, 3.05) is 19.6 Å². The first-order chi connectivity index (χ1) is 11.6. The highest BCUT2D eigenvalue weighted by atomic mass is 16.4. The largest absolute Gasteiger partial charge is 0.479 e. The molecule has 5 nitrogen and oxygen atoms in total. The molecule has 1 aromatic carbocycles. The fourth-order valence-electron chi connectivity index (χ4n) is 3.38. The topological polar surface area (TPSA) is 58.4 Å². The van der Waals surface area contributed by atoms with Crippen LogP contribution in [0.3, 0.4) is 0 Å². The zero-order valence-electron chi connectivity index (χ0n) is 13.9. The summed E-state index contributed by atoms with van der Waals surface area (Å²) in [5.41, 5.74) is 1.57. The number of carbonyl (C=O) groups is 1. The number of piperidine rings is 1. The van der Waals surface area contributed by atoms with E-state index in [1.54, 1.807) is 23.1 Å². The van der Waals surface area contributed by atoms with Gasteiger partial charge >= 0.3 is 5.97 Å². The third-order valence-corrected chi connectivity index (χ3v) is 4.71. The average molecular weight is 325 g/mol. The van der Waals surface area contributed by atoms with Crippen LogP contribution in [0.5, 0.6) is 0 Å². The van der Waals surface area contributed by atoms with Crippen molar-refractivity contribution in [3.05, 3.63) is 59.9 Å². The lowest BCUT2D eigenvalue weighted by Gasteiger charge is -2.39. The molecule has 0 amide bonds. The van der Waals surface area contributed by atoms with Crippen LogP contribution in [0, 0.1) is 0 Å². The van der Waals surface area contributed by atoms with Crippen LogP contribution in [0.4, 0.5) is 0 Å². The Kier molecular flexibility index (Phi) is 4.81. The van der Waals surface area contributed by atoms with Gasteiger partial charge in [0, 0.05) is 32.0 Å².